The predicted octanol–water partition coefficient (Wildman–Crippen LogP) is 1.50. The minimum Gasteiger partial charge on any atom is -0.352 e. The van der Waals surface area contributed by atoms with E-state index in [-0.39, 0.29) is 29.3 Å². The molecule has 0 radical (unpaired) electrons. The second-order valence-electron chi connectivity index (χ2n) is 6.57. The highest BCUT2D eigenvalue weighted by Gasteiger charge is 2.70. The molecule has 0 aliphatic carbocycles. The SMILES string of the molecule is CC1(C)OC[C@H]([C@H]2O[C@]3(CS3)[C@H]3OC(C)(C)O[C@@H]23)O1. The zero-order valence-corrected chi connectivity index (χ0v) is 12.5. The number of hydrogen-bond donors (Lipinski definition) is 0. The second kappa shape index (κ2) is 3.67. The van der Waals surface area contributed by atoms with Crippen molar-refractivity contribution >= 4 is 11.8 Å². The Morgan fingerprint density at radius 1 is 0.895 bits per heavy atom. The first kappa shape index (κ1) is 12.9. The Kier molecular flexibility index (Phi) is 2.48. The summed E-state index contributed by atoms with van der Waals surface area (Å²) in [6.45, 7) is 8.32. The smallest absolute Gasteiger partial charge is 0.164 e. The summed E-state index contributed by atoms with van der Waals surface area (Å²) in [5, 5.41) is 0. The van der Waals surface area contributed by atoms with Crippen LogP contribution in [0.15, 0.2) is 0 Å². The van der Waals surface area contributed by atoms with Gasteiger partial charge in [-0.05, 0) is 27.7 Å². The van der Waals surface area contributed by atoms with Gasteiger partial charge in [0.1, 0.15) is 24.4 Å². The lowest BCUT2D eigenvalue weighted by Crippen LogP contribution is -2.40. The summed E-state index contributed by atoms with van der Waals surface area (Å²) >= 11 is 1.79. The lowest BCUT2D eigenvalue weighted by atomic mass is 10.0. The molecule has 19 heavy (non-hydrogen) atoms. The fourth-order valence-corrected chi connectivity index (χ4v) is 4.10. The number of fused-ring (bicyclic) bond motifs is 2. The highest BCUT2D eigenvalue weighted by molar-refractivity contribution is 8.07. The molecule has 4 rings (SSSR count). The van der Waals surface area contributed by atoms with E-state index in [0.29, 0.717) is 6.61 Å². The van der Waals surface area contributed by atoms with Crippen molar-refractivity contribution in [3.63, 3.8) is 0 Å². The first-order chi connectivity index (χ1) is 8.80. The van der Waals surface area contributed by atoms with Crippen LogP contribution < -0.4 is 0 Å². The van der Waals surface area contributed by atoms with Crippen molar-refractivity contribution in [1.82, 2.24) is 0 Å². The van der Waals surface area contributed by atoms with E-state index in [1.807, 2.05) is 27.7 Å². The minimum atomic E-state index is -0.539. The first-order valence-electron chi connectivity index (χ1n) is 6.80. The van der Waals surface area contributed by atoms with Crippen molar-refractivity contribution in [1.29, 1.82) is 0 Å². The van der Waals surface area contributed by atoms with Gasteiger partial charge in [-0.3, -0.25) is 0 Å². The third-order valence-electron chi connectivity index (χ3n) is 4.05. The molecule has 4 heterocycles. The molecule has 0 aromatic rings. The molecule has 0 aromatic carbocycles. The van der Waals surface area contributed by atoms with Crippen molar-refractivity contribution in [3.05, 3.63) is 0 Å². The van der Waals surface area contributed by atoms with Crippen molar-refractivity contribution in [3.8, 4) is 0 Å². The van der Waals surface area contributed by atoms with Crippen LogP contribution in [-0.2, 0) is 23.7 Å². The molecule has 0 saturated carbocycles. The molecular weight excluding hydrogens is 268 g/mol. The molecule has 0 N–H and O–H groups in total. The fraction of sp³-hybridized carbons (Fsp3) is 1.00. The van der Waals surface area contributed by atoms with Crippen molar-refractivity contribution in [2.45, 2.75) is 68.6 Å². The zero-order valence-electron chi connectivity index (χ0n) is 11.7. The molecule has 108 valence electrons. The second-order valence-corrected chi connectivity index (χ2v) is 7.84. The van der Waals surface area contributed by atoms with Gasteiger partial charge >= 0.3 is 0 Å². The van der Waals surface area contributed by atoms with E-state index in [1.54, 1.807) is 11.8 Å². The third-order valence-corrected chi connectivity index (χ3v) is 5.23. The monoisotopic (exact) mass is 288 g/mol. The summed E-state index contributed by atoms with van der Waals surface area (Å²) in [4.78, 5) is -0.209. The number of ether oxygens (including phenoxy) is 5. The Labute approximate surface area is 117 Å². The normalized spacial score (nSPS) is 53.7. The van der Waals surface area contributed by atoms with Gasteiger partial charge in [-0.2, -0.15) is 0 Å². The van der Waals surface area contributed by atoms with Crippen molar-refractivity contribution in [2.75, 3.05) is 12.4 Å². The van der Waals surface area contributed by atoms with E-state index in [1.165, 1.54) is 0 Å². The van der Waals surface area contributed by atoms with Crippen LogP contribution in [0.5, 0.6) is 0 Å². The van der Waals surface area contributed by atoms with Gasteiger partial charge in [0.25, 0.3) is 0 Å². The summed E-state index contributed by atoms with van der Waals surface area (Å²) in [5.74, 6) is -0.103. The Hall–Kier alpha value is 0.150. The Bertz CT molecular complexity index is 406. The quantitative estimate of drug-likeness (QED) is 0.681. The van der Waals surface area contributed by atoms with Gasteiger partial charge in [-0.1, -0.05) is 0 Å². The largest absolute Gasteiger partial charge is 0.352 e. The summed E-state index contributed by atoms with van der Waals surface area (Å²) in [6, 6.07) is 0. The van der Waals surface area contributed by atoms with Gasteiger partial charge in [-0.25, -0.2) is 0 Å². The maximum absolute atomic E-state index is 6.21. The fourth-order valence-electron chi connectivity index (χ4n) is 3.20. The molecule has 6 heteroatoms. The van der Waals surface area contributed by atoms with Crippen LogP contribution in [0, 0.1) is 0 Å². The number of hydrogen-bond acceptors (Lipinski definition) is 6. The third kappa shape index (κ3) is 1.96. The molecule has 5 atom stereocenters. The van der Waals surface area contributed by atoms with Crippen LogP contribution in [0.3, 0.4) is 0 Å². The highest BCUT2D eigenvalue weighted by atomic mass is 32.2. The van der Waals surface area contributed by atoms with E-state index < -0.39 is 11.6 Å². The Morgan fingerprint density at radius 3 is 2.21 bits per heavy atom. The predicted molar refractivity (Wildman–Crippen MR) is 68.8 cm³/mol. The first-order valence-corrected chi connectivity index (χ1v) is 7.78. The molecule has 5 nitrogen and oxygen atoms in total. The van der Waals surface area contributed by atoms with Gasteiger partial charge in [0.05, 0.1) is 6.61 Å². The molecule has 1 spiro atoms. The van der Waals surface area contributed by atoms with E-state index in [0.717, 1.165) is 5.75 Å². The molecule has 0 aromatic heterocycles. The number of rotatable bonds is 1. The summed E-state index contributed by atoms with van der Waals surface area (Å²) in [6.07, 6.45) is -0.249. The average molecular weight is 288 g/mol. The van der Waals surface area contributed by atoms with Crippen molar-refractivity contribution < 1.29 is 23.7 Å². The molecule has 4 aliphatic heterocycles. The molecular formula is C13H20O5S. The zero-order chi connectivity index (χ0) is 13.5. The van der Waals surface area contributed by atoms with Gasteiger partial charge in [0.15, 0.2) is 16.5 Å². The molecule has 0 amide bonds. The molecule has 0 unspecified atom stereocenters. The van der Waals surface area contributed by atoms with E-state index >= 15 is 0 Å². The van der Waals surface area contributed by atoms with E-state index in [4.69, 9.17) is 23.7 Å². The summed E-state index contributed by atoms with van der Waals surface area (Å²) in [7, 11) is 0. The lowest BCUT2D eigenvalue weighted by molar-refractivity contribution is -0.205. The van der Waals surface area contributed by atoms with Crippen LogP contribution in [0.1, 0.15) is 27.7 Å². The topological polar surface area (TPSA) is 46.2 Å². The van der Waals surface area contributed by atoms with Crippen LogP contribution in [0.25, 0.3) is 0 Å². The number of thioether (sulfide) groups is 1. The summed E-state index contributed by atoms with van der Waals surface area (Å²) in [5.41, 5.74) is 0. The van der Waals surface area contributed by atoms with Crippen LogP contribution >= 0.6 is 11.8 Å². The molecule has 4 saturated heterocycles. The van der Waals surface area contributed by atoms with Gasteiger partial charge < -0.3 is 23.7 Å². The van der Waals surface area contributed by atoms with Crippen LogP contribution in [0.4, 0.5) is 0 Å². The van der Waals surface area contributed by atoms with Gasteiger partial charge in [0, 0.05) is 5.75 Å². The standard InChI is InChI=1S/C13H20O5S/c1-11(2)14-5-7(15-11)8-9-10(13(17-8)6-19-13)18-12(3,4)16-9/h7-10H,5-6H2,1-4H3/t7-,8-,9+,10+,13+/m1/s1. The van der Waals surface area contributed by atoms with Crippen LogP contribution in [0.2, 0.25) is 0 Å². The van der Waals surface area contributed by atoms with Crippen LogP contribution in [-0.4, -0.2) is 53.3 Å². The lowest BCUT2D eigenvalue weighted by Gasteiger charge is -2.26. The maximum atomic E-state index is 6.21. The Balaban J connectivity index is 1.57. The molecule has 0 bridgehead atoms. The van der Waals surface area contributed by atoms with E-state index in [2.05, 4.69) is 0 Å². The minimum absolute atomic E-state index is 0.00446. The molecule has 4 fully saturated rings. The Morgan fingerprint density at radius 2 is 1.63 bits per heavy atom. The van der Waals surface area contributed by atoms with E-state index in [9.17, 15) is 0 Å². The van der Waals surface area contributed by atoms with Crippen molar-refractivity contribution in [2.24, 2.45) is 0 Å². The highest BCUT2D eigenvalue weighted by Crippen LogP contribution is 2.60. The van der Waals surface area contributed by atoms with Gasteiger partial charge in [-0.15, -0.1) is 11.8 Å². The maximum Gasteiger partial charge on any atom is 0.164 e. The average Bonchev–Trinajstić information content (AvgIpc) is 2.77. The summed E-state index contributed by atoms with van der Waals surface area (Å²) < 4.78 is 29.9. The molecule has 4 aliphatic rings. The van der Waals surface area contributed by atoms with Gasteiger partial charge in [0.2, 0.25) is 0 Å².